The molecule has 0 spiro atoms. The molecule has 0 bridgehead atoms. The van der Waals surface area contributed by atoms with Crippen molar-refractivity contribution in [3.63, 3.8) is 0 Å². The maximum absolute atomic E-state index is 14.2. The zero-order chi connectivity index (χ0) is 30.2. The molecule has 2 atom stereocenters. The van der Waals surface area contributed by atoms with Crippen molar-refractivity contribution in [2.45, 2.75) is 84.3 Å². The van der Waals surface area contributed by atoms with Crippen molar-refractivity contribution in [2.75, 3.05) is 10.8 Å². The summed E-state index contributed by atoms with van der Waals surface area (Å²) in [5.41, 5.74) is 4.10. The summed E-state index contributed by atoms with van der Waals surface area (Å²) in [6.45, 7) is 11.3. The summed E-state index contributed by atoms with van der Waals surface area (Å²) in [5.74, 6) is -0.691. The lowest BCUT2D eigenvalue weighted by molar-refractivity contribution is -0.140. The number of rotatable bonds is 13. The molecular weight excluding hydrogens is 534 g/mol. The maximum atomic E-state index is 14.2. The van der Waals surface area contributed by atoms with E-state index < -0.39 is 28.5 Å². The van der Waals surface area contributed by atoms with Crippen LogP contribution in [0.1, 0.15) is 62.8 Å². The van der Waals surface area contributed by atoms with Gasteiger partial charge in [0.1, 0.15) is 12.6 Å². The third-order valence-corrected chi connectivity index (χ3v) is 9.13. The van der Waals surface area contributed by atoms with Gasteiger partial charge in [-0.05, 0) is 69.4 Å². The Balaban J connectivity index is 2.10. The molecule has 3 aromatic carbocycles. The molecule has 0 aliphatic rings. The second kappa shape index (κ2) is 14.3. The zero-order valence-corrected chi connectivity index (χ0v) is 25.9. The van der Waals surface area contributed by atoms with Crippen molar-refractivity contribution in [2.24, 2.45) is 0 Å². The minimum absolute atomic E-state index is 0.0534. The summed E-state index contributed by atoms with van der Waals surface area (Å²) in [6, 6.07) is 20.8. The fourth-order valence-electron chi connectivity index (χ4n) is 4.77. The van der Waals surface area contributed by atoms with Crippen LogP contribution in [0.4, 0.5) is 5.69 Å². The van der Waals surface area contributed by atoms with E-state index in [1.807, 2.05) is 77.9 Å². The van der Waals surface area contributed by atoms with Crippen LogP contribution in [0.3, 0.4) is 0 Å². The summed E-state index contributed by atoms with van der Waals surface area (Å²) in [6.07, 6.45) is 1.73. The van der Waals surface area contributed by atoms with E-state index in [0.29, 0.717) is 18.5 Å². The molecule has 0 aliphatic heterocycles. The van der Waals surface area contributed by atoms with Gasteiger partial charge in [-0.3, -0.25) is 13.9 Å². The van der Waals surface area contributed by atoms with Crippen LogP contribution >= 0.6 is 0 Å². The number of carbonyl (C=O) groups excluding carboxylic acids is 2. The van der Waals surface area contributed by atoms with Gasteiger partial charge in [-0.15, -0.1) is 0 Å². The summed E-state index contributed by atoms with van der Waals surface area (Å²) in [7, 11) is -4.10. The minimum atomic E-state index is -4.10. The Kier molecular flexibility index (Phi) is 11.1. The van der Waals surface area contributed by atoms with Crippen molar-refractivity contribution in [3.8, 4) is 0 Å². The van der Waals surface area contributed by atoms with E-state index in [9.17, 15) is 18.0 Å². The normalized spacial score (nSPS) is 12.8. The van der Waals surface area contributed by atoms with Gasteiger partial charge in [0.05, 0.1) is 10.6 Å². The van der Waals surface area contributed by atoms with Crippen LogP contribution in [0, 0.1) is 13.8 Å². The number of para-hydroxylation sites is 1. The number of benzene rings is 3. The number of nitrogens with one attached hydrogen (secondary N) is 1. The highest BCUT2D eigenvalue weighted by molar-refractivity contribution is 7.92. The third-order valence-electron chi connectivity index (χ3n) is 7.35. The SMILES string of the molecule is CCc1ccccc1N(CC(=O)N(Cc1cccc(C)c1)[C@H](CC)C(=O)N[C@H](C)CC)S(=O)(=O)c1ccc(C)cc1. The Labute approximate surface area is 245 Å². The van der Waals surface area contributed by atoms with Gasteiger partial charge in [0.2, 0.25) is 11.8 Å². The topological polar surface area (TPSA) is 86.8 Å². The van der Waals surface area contributed by atoms with Gasteiger partial charge in [-0.1, -0.05) is 86.5 Å². The first-order valence-electron chi connectivity index (χ1n) is 14.3. The Morgan fingerprint density at radius 1 is 0.854 bits per heavy atom. The van der Waals surface area contributed by atoms with Gasteiger partial charge < -0.3 is 10.2 Å². The summed E-state index contributed by atoms with van der Waals surface area (Å²) < 4.78 is 29.4. The predicted molar refractivity (Wildman–Crippen MR) is 165 cm³/mol. The number of aryl methyl sites for hydroxylation is 3. The summed E-state index contributed by atoms with van der Waals surface area (Å²) >= 11 is 0. The molecule has 0 radical (unpaired) electrons. The standard InChI is InChI=1S/C33H43N3O4S/c1-7-26(6)34-33(38)30(9-3)35(22-27-14-12-13-25(5)21-27)32(37)23-36(31-16-11-10-15-28(31)8-2)41(39,40)29-19-17-24(4)18-20-29/h10-21,26,30H,7-9,22-23H2,1-6H3,(H,34,38)/t26-,30-/m1/s1. The Morgan fingerprint density at radius 2 is 1.54 bits per heavy atom. The number of hydrogen-bond acceptors (Lipinski definition) is 4. The molecule has 8 heteroatoms. The molecule has 220 valence electrons. The lowest BCUT2D eigenvalue weighted by Gasteiger charge is -2.34. The molecule has 1 N–H and O–H groups in total. The molecule has 0 unspecified atom stereocenters. The van der Waals surface area contributed by atoms with Crippen LogP contribution in [0.25, 0.3) is 0 Å². The van der Waals surface area contributed by atoms with Crippen molar-refractivity contribution in [1.29, 1.82) is 0 Å². The zero-order valence-electron chi connectivity index (χ0n) is 25.1. The minimum Gasteiger partial charge on any atom is -0.352 e. The average Bonchev–Trinajstić information content (AvgIpc) is 2.95. The number of hydrogen-bond donors (Lipinski definition) is 1. The molecule has 41 heavy (non-hydrogen) atoms. The van der Waals surface area contributed by atoms with Gasteiger partial charge in [0, 0.05) is 12.6 Å². The average molecular weight is 578 g/mol. The predicted octanol–water partition coefficient (Wildman–Crippen LogP) is 5.78. The van der Waals surface area contributed by atoms with Gasteiger partial charge in [0.25, 0.3) is 10.0 Å². The van der Waals surface area contributed by atoms with E-state index in [-0.39, 0.29) is 23.4 Å². The van der Waals surface area contributed by atoms with Crippen LogP contribution in [-0.2, 0) is 32.6 Å². The molecule has 0 aromatic heterocycles. The third kappa shape index (κ3) is 7.97. The van der Waals surface area contributed by atoms with Gasteiger partial charge in [-0.2, -0.15) is 0 Å². The summed E-state index contributed by atoms with van der Waals surface area (Å²) in [5, 5.41) is 3.01. The Bertz CT molecular complexity index is 1440. The first kappa shape index (κ1) is 31.9. The van der Waals surface area contributed by atoms with E-state index in [0.717, 1.165) is 28.7 Å². The highest BCUT2D eigenvalue weighted by atomic mass is 32.2. The molecule has 0 aliphatic carbocycles. The summed E-state index contributed by atoms with van der Waals surface area (Å²) in [4.78, 5) is 29.3. The molecular formula is C33H43N3O4S. The molecule has 7 nitrogen and oxygen atoms in total. The van der Waals surface area contributed by atoms with E-state index in [4.69, 9.17) is 0 Å². The second-order valence-corrected chi connectivity index (χ2v) is 12.4. The van der Waals surface area contributed by atoms with Crippen molar-refractivity contribution >= 4 is 27.5 Å². The van der Waals surface area contributed by atoms with Gasteiger partial charge in [0.15, 0.2) is 0 Å². The van der Waals surface area contributed by atoms with Crippen LogP contribution < -0.4 is 9.62 Å². The Morgan fingerprint density at radius 3 is 2.15 bits per heavy atom. The van der Waals surface area contributed by atoms with Crippen LogP contribution in [0.5, 0.6) is 0 Å². The Hall–Kier alpha value is -3.65. The molecule has 0 fully saturated rings. The number of amides is 2. The fraction of sp³-hybridized carbons (Fsp3) is 0.394. The first-order valence-corrected chi connectivity index (χ1v) is 15.8. The molecule has 2 amide bonds. The molecule has 3 aromatic rings. The lowest BCUT2D eigenvalue weighted by Crippen LogP contribution is -2.53. The lowest BCUT2D eigenvalue weighted by atomic mass is 10.1. The van der Waals surface area contributed by atoms with E-state index in [2.05, 4.69) is 5.32 Å². The smallest absolute Gasteiger partial charge is 0.264 e. The largest absolute Gasteiger partial charge is 0.352 e. The fourth-order valence-corrected chi connectivity index (χ4v) is 6.22. The van der Waals surface area contributed by atoms with Crippen LogP contribution in [0.2, 0.25) is 0 Å². The van der Waals surface area contributed by atoms with Crippen molar-refractivity contribution in [1.82, 2.24) is 10.2 Å². The molecule has 0 saturated carbocycles. The molecule has 0 saturated heterocycles. The van der Waals surface area contributed by atoms with Crippen LogP contribution in [0.15, 0.2) is 77.7 Å². The highest BCUT2D eigenvalue weighted by Crippen LogP contribution is 2.28. The first-order chi connectivity index (χ1) is 19.5. The number of anilines is 1. The number of sulfonamides is 1. The molecule has 3 rings (SSSR count). The quantitative estimate of drug-likeness (QED) is 0.279. The monoisotopic (exact) mass is 577 g/mol. The number of nitrogens with zero attached hydrogens (tertiary/aromatic N) is 2. The van der Waals surface area contributed by atoms with Gasteiger partial charge >= 0.3 is 0 Å². The van der Waals surface area contributed by atoms with Gasteiger partial charge in [-0.25, -0.2) is 8.42 Å². The van der Waals surface area contributed by atoms with Crippen molar-refractivity contribution < 1.29 is 18.0 Å². The van der Waals surface area contributed by atoms with Crippen LogP contribution in [-0.4, -0.2) is 43.8 Å². The molecule has 0 heterocycles. The number of carbonyl (C=O) groups is 2. The second-order valence-electron chi connectivity index (χ2n) is 10.6. The van der Waals surface area contributed by atoms with E-state index in [1.165, 1.54) is 9.21 Å². The van der Waals surface area contributed by atoms with E-state index >= 15 is 0 Å². The van der Waals surface area contributed by atoms with E-state index in [1.54, 1.807) is 36.4 Å². The maximum Gasteiger partial charge on any atom is 0.264 e. The highest BCUT2D eigenvalue weighted by Gasteiger charge is 2.34. The van der Waals surface area contributed by atoms with Crippen molar-refractivity contribution in [3.05, 3.63) is 95.1 Å².